The molecule has 0 amide bonds. The monoisotopic (exact) mass is 342 g/mol. The summed E-state index contributed by atoms with van der Waals surface area (Å²) in [6, 6.07) is 4.22. The number of methoxy groups -OCH3 is 1. The van der Waals surface area contributed by atoms with Crippen molar-refractivity contribution in [1.29, 1.82) is 0 Å². The van der Waals surface area contributed by atoms with Crippen molar-refractivity contribution in [1.82, 2.24) is 0 Å². The molecule has 0 aliphatic carbocycles. The van der Waals surface area contributed by atoms with Crippen molar-refractivity contribution in [2.75, 3.05) is 7.11 Å². The largest absolute Gasteiger partial charge is 0.496 e. The molecule has 1 aromatic rings. The number of alkyl halides is 3. The maximum absolute atomic E-state index is 12.7. The first-order chi connectivity index (χ1) is 7.40. The molecule has 0 saturated carbocycles. The van der Waals surface area contributed by atoms with Crippen LogP contribution in [0.3, 0.4) is 0 Å². The van der Waals surface area contributed by atoms with Crippen molar-refractivity contribution in [2.24, 2.45) is 10.2 Å². The van der Waals surface area contributed by atoms with E-state index in [9.17, 15) is 13.2 Å². The van der Waals surface area contributed by atoms with E-state index in [1.54, 1.807) is 6.07 Å². The predicted octanol–water partition coefficient (Wildman–Crippen LogP) is 3.48. The second-order valence-corrected chi connectivity index (χ2v) is 4.38. The van der Waals surface area contributed by atoms with E-state index in [1.165, 1.54) is 19.2 Å². The maximum atomic E-state index is 12.7. The Labute approximate surface area is 103 Å². The van der Waals surface area contributed by atoms with Gasteiger partial charge in [0.05, 0.1) is 10.7 Å². The van der Waals surface area contributed by atoms with Crippen molar-refractivity contribution in [3.8, 4) is 5.75 Å². The van der Waals surface area contributed by atoms with E-state index in [0.717, 1.165) is 3.57 Å². The highest BCUT2D eigenvalue weighted by molar-refractivity contribution is 14.1. The molecule has 86 valence electrons. The van der Waals surface area contributed by atoms with Gasteiger partial charge in [0.1, 0.15) is 5.75 Å². The van der Waals surface area contributed by atoms with Gasteiger partial charge in [-0.2, -0.15) is 13.2 Å². The number of halogens is 4. The molecule has 0 radical (unpaired) electrons. The molecule has 0 saturated heterocycles. The van der Waals surface area contributed by atoms with E-state index < -0.39 is 11.8 Å². The quantitative estimate of drug-likeness (QED) is 0.758. The number of nitrogens with zero attached hydrogens (tertiary/aromatic N) is 2. The lowest BCUT2D eigenvalue weighted by molar-refractivity contribution is -0.166. The second kappa shape index (κ2) is 3.57. The molecular formula is C9H6F3IN2O. The van der Waals surface area contributed by atoms with Gasteiger partial charge in [0.25, 0.3) is 0 Å². The van der Waals surface area contributed by atoms with Crippen LogP contribution in [0.15, 0.2) is 28.4 Å². The van der Waals surface area contributed by atoms with Crippen molar-refractivity contribution >= 4 is 22.6 Å². The van der Waals surface area contributed by atoms with Gasteiger partial charge >= 0.3 is 11.8 Å². The lowest BCUT2D eigenvalue weighted by atomic mass is 10.0. The lowest BCUT2D eigenvalue weighted by Crippen LogP contribution is -2.30. The van der Waals surface area contributed by atoms with Gasteiger partial charge in [-0.25, -0.2) is 0 Å². The van der Waals surface area contributed by atoms with E-state index in [1.807, 2.05) is 22.6 Å². The third-order valence-corrected chi connectivity index (χ3v) is 3.14. The Morgan fingerprint density at radius 3 is 2.38 bits per heavy atom. The van der Waals surface area contributed by atoms with Gasteiger partial charge in [-0.05, 0) is 34.7 Å². The van der Waals surface area contributed by atoms with Crippen LogP contribution in [0.4, 0.5) is 13.2 Å². The van der Waals surface area contributed by atoms with E-state index in [4.69, 9.17) is 4.74 Å². The zero-order valence-electron chi connectivity index (χ0n) is 8.05. The highest BCUT2D eigenvalue weighted by Gasteiger charge is 2.65. The van der Waals surface area contributed by atoms with Crippen LogP contribution < -0.4 is 4.74 Å². The summed E-state index contributed by atoms with van der Waals surface area (Å²) in [5, 5.41) is 6.24. The summed E-state index contributed by atoms with van der Waals surface area (Å²) < 4.78 is 43.8. The zero-order valence-corrected chi connectivity index (χ0v) is 10.2. The molecule has 7 heteroatoms. The first-order valence-electron chi connectivity index (χ1n) is 4.25. The van der Waals surface area contributed by atoms with Crippen molar-refractivity contribution in [2.45, 2.75) is 11.8 Å². The van der Waals surface area contributed by atoms with E-state index in [2.05, 4.69) is 10.2 Å². The summed E-state index contributed by atoms with van der Waals surface area (Å²) in [6.07, 6.45) is -4.50. The molecule has 3 nitrogen and oxygen atoms in total. The molecule has 0 aromatic heterocycles. The molecule has 1 aliphatic heterocycles. The summed E-state index contributed by atoms with van der Waals surface area (Å²) >= 11 is 1.98. The van der Waals surface area contributed by atoms with Gasteiger partial charge < -0.3 is 4.74 Å². The van der Waals surface area contributed by atoms with Crippen LogP contribution in [0.1, 0.15) is 5.56 Å². The SMILES string of the molecule is COc1cc(C2(C(F)(F)F)N=N2)ccc1I. The van der Waals surface area contributed by atoms with Gasteiger partial charge in [-0.15, -0.1) is 10.2 Å². The Morgan fingerprint density at radius 1 is 1.31 bits per heavy atom. The Balaban J connectivity index is 2.43. The molecule has 0 unspecified atom stereocenters. The smallest absolute Gasteiger partial charge is 0.442 e. The molecule has 1 aromatic carbocycles. The molecule has 0 spiro atoms. The standard InChI is InChI=1S/C9H6F3IN2O/c1-16-7-4-5(2-3-6(7)13)8(14-15-8)9(10,11)12/h2-4H,1H3. The van der Waals surface area contributed by atoms with Crippen molar-refractivity contribution in [3.63, 3.8) is 0 Å². The highest BCUT2D eigenvalue weighted by Crippen LogP contribution is 2.52. The Morgan fingerprint density at radius 2 is 1.94 bits per heavy atom. The molecule has 0 N–H and O–H groups in total. The maximum Gasteiger partial charge on any atom is 0.442 e. The topological polar surface area (TPSA) is 34.0 Å². The Hall–Kier alpha value is -0.860. The molecule has 0 fully saturated rings. The normalized spacial score (nSPS) is 17.3. The number of rotatable bonds is 2. The van der Waals surface area contributed by atoms with Crippen LogP contribution in [-0.2, 0) is 5.66 Å². The minimum atomic E-state index is -4.50. The van der Waals surface area contributed by atoms with E-state index in [0.29, 0.717) is 5.75 Å². The van der Waals surface area contributed by atoms with Crippen LogP contribution in [0.25, 0.3) is 0 Å². The van der Waals surface area contributed by atoms with Crippen LogP contribution in [0.5, 0.6) is 5.75 Å². The summed E-state index contributed by atoms with van der Waals surface area (Å²) in [5.41, 5.74) is -2.39. The van der Waals surface area contributed by atoms with Gasteiger partial charge in [0.2, 0.25) is 0 Å². The number of benzene rings is 1. The molecular weight excluding hydrogens is 336 g/mol. The second-order valence-electron chi connectivity index (χ2n) is 3.22. The third kappa shape index (κ3) is 1.66. The first kappa shape index (κ1) is 11.6. The minimum Gasteiger partial charge on any atom is -0.496 e. The number of hydrogen-bond donors (Lipinski definition) is 0. The van der Waals surface area contributed by atoms with Crippen LogP contribution in [-0.4, -0.2) is 13.3 Å². The van der Waals surface area contributed by atoms with Crippen LogP contribution >= 0.6 is 22.6 Å². The van der Waals surface area contributed by atoms with E-state index in [-0.39, 0.29) is 5.56 Å². The predicted molar refractivity (Wildman–Crippen MR) is 58.3 cm³/mol. The third-order valence-electron chi connectivity index (χ3n) is 2.25. The van der Waals surface area contributed by atoms with Gasteiger partial charge in [0.15, 0.2) is 0 Å². The fourth-order valence-corrected chi connectivity index (χ4v) is 1.87. The molecule has 0 bridgehead atoms. The molecule has 1 heterocycles. The molecule has 16 heavy (non-hydrogen) atoms. The summed E-state index contributed by atoms with van der Waals surface area (Å²) in [4.78, 5) is 0. The minimum absolute atomic E-state index is 0.0164. The zero-order chi connectivity index (χ0) is 12.0. The molecule has 0 atom stereocenters. The van der Waals surface area contributed by atoms with Gasteiger partial charge in [-0.3, -0.25) is 0 Å². The first-order valence-corrected chi connectivity index (χ1v) is 5.33. The van der Waals surface area contributed by atoms with Gasteiger partial charge in [0, 0.05) is 5.56 Å². The Kier molecular flexibility index (Phi) is 2.59. The van der Waals surface area contributed by atoms with Crippen molar-refractivity contribution < 1.29 is 17.9 Å². The lowest BCUT2D eigenvalue weighted by Gasteiger charge is -2.15. The van der Waals surface area contributed by atoms with Crippen molar-refractivity contribution in [3.05, 3.63) is 27.3 Å². The summed E-state index contributed by atoms with van der Waals surface area (Å²) in [6.45, 7) is 0. The van der Waals surface area contributed by atoms with Crippen LogP contribution in [0.2, 0.25) is 0 Å². The summed E-state index contributed by atoms with van der Waals surface area (Å²) in [7, 11) is 1.41. The molecule has 2 rings (SSSR count). The average Bonchev–Trinajstić information content (AvgIpc) is 2.98. The number of ether oxygens (including phenoxy) is 1. The average molecular weight is 342 g/mol. The highest BCUT2D eigenvalue weighted by atomic mass is 127. The fourth-order valence-electron chi connectivity index (χ4n) is 1.32. The summed E-state index contributed by atoms with van der Waals surface area (Å²) in [5.74, 6) is 0.388. The Bertz CT molecular complexity index is 453. The molecule has 1 aliphatic rings. The van der Waals surface area contributed by atoms with Crippen LogP contribution in [0, 0.1) is 3.57 Å². The fraction of sp³-hybridized carbons (Fsp3) is 0.333. The number of hydrogen-bond acceptors (Lipinski definition) is 3. The van der Waals surface area contributed by atoms with E-state index >= 15 is 0 Å². The van der Waals surface area contributed by atoms with Gasteiger partial charge in [-0.1, -0.05) is 6.07 Å².